The van der Waals surface area contributed by atoms with Crippen molar-refractivity contribution in [1.29, 1.82) is 0 Å². The van der Waals surface area contributed by atoms with Gasteiger partial charge in [-0.3, -0.25) is 0 Å². The minimum absolute atomic E-state index is 1.06. The van der Waals surface area contributed by atoms with Crippen molar-refractivity contribution in [2.24, 2.45) is 0 Å². The van der Waals surface area contributed by atoms with Crippen molar-refractivity contribution in [3.8, 4) is 11.1 Å². The van der Waals surface area contributed by atoms with Crippen molar-refractivity contribution in [3.05, 3.63) is 106 Å². The molecule has 0 amide bonds. The average molecular weight is 318 g/mol. The molecule has 4 aromatic carbocycles. The van der Waals surface area contributed by atoms with E-state index in [2.05, 4.69) is 72.8 Å². The Morgan fingerprint density at radius 2 is 1.20 bits per heavy atom. The molecule has 0 nitrogen and oxygen atoms in total. The number of rotatable bonds is 0. The van der Waals surface area contributed by atoms with Gasteiger partial charge in [0, 0.05) is 0 Å². The molecule has 0 heterocycles. The zero-order chi connectivity index (χ0) is 16.4. The molecular weight excluding hydrogens is 300 g/mol. The van der Waals surface area contributed by atoms with Crippen LogP contribution in [0, 0.1) is 0 Å². The Bertz CT molecular complexity index is 1160. The van der Waals surface area contributed by atoms with Crippen LogP contribution in [0.2, 0.25) is 0 Å². The van der Waals surface area contributed by atoms with Crippen molar-refractivity contribution < 1.29 is 0 Å². The first-order valence-electron chi connectivity index (χ1n) is 9.10. The van der Waals surface area contributed by atoms with Crippen molar-refractivity contribution >= 4 is 10.8 Å². The van der Waals surface area contributed by atoms with E-state index in [-0.39, 0.29) is 0 Å². The Balaban J connectivity index is 1.61. The van der Waals surface area contributed by atoms with E-state index in [4.69, 9.17) is 0 Å². The predicted octanol–water partition coefficient (Wildman–Crippen LogP) is 5.91. The summed E-state index contributed by atoms with van der Waals surface area (Å²) in [6.07, 6.45) is 3.20. The third kappa shape index (κ3) is 1.83. The van der Waals surface area contributed by atoms with E-state index in [9.17, 15) is 0 Å². The van der Waals surface area contributed by atoms with Gasteiger partial charge in [0.05, 0.1) is 0 Å². The van der Waals surface area contributed by atoms with Crippen molar-refractivity contribution in [2.45, 2.75) is 19.3 Å². The van der Waals surface area contributed by atoms with Gasteiger partial charge < -0.3 is 0 Å². The molecule has 6 rings (SSSR count). The second-order valence-electron chi connectivity index (χ2n) is 7.35. The van der Waals surface area contributed by atoms with E-state index in [0.717, 1.165) is 19.3 Å². The van der Waals surface area contributed by atoms with Crippen LogP contribution in [-0.4, -0.2) is 0 Å². The zero-order valence-corrected chi connectivity index (χ0v) is 14.0. The normalized spacial score (nSPS) is 13.9. The highest BCUT2D eigenvalue weighted by molar-refractivity contribution is 5.89. The van der Waals surface area contributed by atoms with Crippen LogP contribution in [0.3, 0.4) is 0 Å². The van der Waals surface area contributed by atoms with Gasteiger partial charge in [0.25, 0.3) is 0 Å². The van der Waals surface area contributed by atoms with E-state index in [1.807, 2.05) is 0 Å². The van der Waals surface area contributed by atoms with Crippen molar-refractivity contribution in [1.82, 2.24) is 0 Å². The Labute approximate surface area is 147 Å². The summed E-state index contributed by atoms with van der Waals surface area (Å²) < 4.78 is 0. The van der Waals surface area contributed by atoms with Gasteiger partial charge in [0.1, 0.15) is 0 Å². The van der Waals surface area contributed by atoms with Crippen molar-refractivity contribution in [3.63, 3.8) is 0 Å². The second kappa shape index (κ2) is 4.83. The first kappa shape index (κ1) is 13.4. The smallest absolute Gasteiger partial charge is 0.000764 e. The van der Waals surface area contributed by atoms with Crippen LogP contribution in [0.4, 0.5) is 0 Å². The van der Waals surface area contributed by atoms with Gasteiger partial charge in [-0.2, -0.15) is 0 Å². The quantitative estimate of drug-likeness (QED) is 0.327. The van der Waals surface area contributed by atoms with Gasteiger partial charge >= 0.3 is 0 Å². The monoisotopic (exact) mass is 318 g/mol. The van der Waals surface area contributed by atoms with Crippen LogP contribution in [0.25, 0.3) is 21.9 Å². The van der Waals surface area contributed by atoms with Crippen LogP contribution < -0.4 is 0 Å². The van der Waals surface area contributed by atoms with Crippen LogP contribution in [0.5, 0.6) is 0 Å². The van der Waals surface area contributed by atoms with Gasteiger partial charge in [-0.1, -0.05) is 72.8 Å². The lowest BCUT2D eigenvalue weighted by Crippen LogP contribution is -2.09. The first-order valence-corrected chi connectivity index (χ1v) is 9.10. The minimum Gasteiger partial charge on any atom is -0.0619 e. The number of fused-ring (bicyclic) bond motifs is 8. The van der Waals surface area contributed by atoms with Gasteiger partial charge in [0.15, 0.2) is 0 Å². The molecular formula is C25H18. The van der Waals surface area contributed by atoms with Crippen LogP contribution in [-0.2, 0) is 19.3 Å². The highest BCUT2D eigenvalue weighted by Crippen LogP contribution is 2.44. The van der Waals surface area contributed by atoms with E-state index in [0.29, 0.717) is 0 Å². The summed E-state index contributed by atoms with van der Waals surface area (Å²) >= 11 is 0. The molecule has 0 aliphatic heterocycles. The molecule has 0 atom stereocenters. The van der Waals surface area contributed by atoms with E-state index < -0.39 is 0 Å². The summed E-state index contributed by atoms with van der Waals surface area (Å²) in [6.45, 7) is 0. The van der Waals surface area contributed by atoms with Crippen LogP contribution in [0.1, 0.15) is 33.4 Å². The lowest BCUT2D eigenvalue weighted by Gasteiger charge is -2.24. The molecule has 2 aliphatic rings. The SMILES string of the molecule is c1ccc2c(c1)Cc1ccc3c(c1-2)Cc1c(ccc2ccccc12)C3. The Morgan fingerprint density at radius 1 is 0.480 bits per heavy atom. The Hall–Kier alpha value is -2.86. The summed E-state index contributed by atoms with van der Waals surface area (Å²) in [4.78, 5) is 0. The van der Waals surface area contributed by atoms with Crippen LogP contribution >= 0.6 is 0 Å². The molecule has 0 unspecified atom stereocenters. The second-order valence-corrected chi connectivity index (χ2v) is 7.35. The zero-order valence-electron chi connectivity index (χ0n) is 14.0. The topological polar surface area (TPSA) is 0 Å². The first-order chi connectivity index (χ1) is 12.4. The summed E-state index contributed by atoms with van der Waals surface area (Å²) in [5.41, 5.74) is 12.1. The fourth-order valence-corrected chi connectivity index (χ4v) is 4.85. The maximum absolute atomic E-state index is 2.37. The molecule has 0 radical (unpaired) electrons. The summed E-state index contributed by atoms with van der Waals surface area (Å²) in [7, 11) is 0. The standard InChI is InChI=1S/C25H18/c1-3-7-21-16(5-1)9-10-18-13-19-11-12-20-14-17-6-2-4-8-22(17)25(20)24(19)15-23(18)21/h1-12H,13-15H2. The Kier molecular flexibility index (Phi) is 2.59. The molecule has 0 saturated heterocycles. The van der Waals surface area contributed by atoms with Gasteiger partial charge in [0.2, 0.25) is 0 Å². The highest BCUT2D eigenvalue weighted by Gasteiger charge is 2.26. The minimum atomic E-state index is 1.06. The van der Waals surface area contributed by atoms with E-state index in [1.54, 1.807) is 5.56 Å². The Morgan fingerprint density at radius 3 is 2.20 bits per heavy atom. The summed E-state index contributed by atoms with van der Waals surface area (Å²) in [5, 5.41) is 2.78. The molecule has 0 aromatic heterocycles. The van der Waals surface area contributed by atoms with E-state index in [1.165, 1.54) is 49.7 Å². The third-order valence-corrected chi connectivity index (χ3v) is 6.04. The molecule has 0 saturated carbocycles. The maximum atomic E-state index is 2.37. The molecule has 0 heteroatoms. The largest absolute Gasteiger partial charge is 0.0619 e. The maximum Gasteiger partial charge on any atom is -0.000764 e. The molecule has 118 valence electrons. The number of hydrogen-bond donors (Lipinski definition) is 0. The lowest BCUT2D eigenvalue weighted by molar-refractivity contribution is 1.01. The van der Waals surface area contributed by atoms with Gasteiger partial charge in [-0.15, -0.1) is 0 Å². The molecule has 4 aromatic rings. The molecule has 25 heavy (non-hydrogen) atoms. The molecule has 0 bridgehead atoms. The van der Waals surface area contributed by atoms with Gasteiger partial charge in [-0.25, -0.2) is 0 Å². The fraction of sp³-hybridized carbons (Fsp3) is 0.120. The fourth-order valence-electron chi connectivity index (χ4n) is 4.85. The molecule has 2 aliphatic carbocycles. The molecule has 0 N–H and O–H groups in total. The molecule has 0 fully saturated rings. The average Bonchev–Trinajstić information content (AvgIpc) is 3.05. The summed E-state index contributed by atoms with van der Waals surface area (Å²) in [5.74, 6) is 0. The molecule has 0 spiro atoms. The number of hydrogen-bond acceptors (Lipinski definition) is 0. The number of benzene rings is 4. The van der Waals surface area contributed by atoms with E-state index >= 15 is 0 Å². The highest BCUT2D eigenvalue weighted by atomic mass is 14.3. The lowest BCUT2D eigenvalue weighted by atomic mass is 9.80. The third-order valence-electron chi connectivity index (χ3n) is 6.04. The predicted molar refractivity (Wildman–Crippen MR) is 104 cm³/mol. The summed E-state index contributed by atoms with van der Waals surface area (Å²) in [6, 6.07) is 27.1. The van der Waals surface area contributed by atoms with Gasteiger partial charge in [-0.05, 0) is 74.5 Å². The van der Waals surface area contributed by atoms with Crippen LogP contribution in [0.15, 0.2) is 72.8 Å². The van der Waals surface area contributed by atoms with Crippen molar-refractivity contribution in [2.75, 3.05) is 0 Å².